The van der Waals surface area contributed by atoms with Gasteiger partial charge in [-0.15, -0.1) is 0 Å². The molecule has 2 N–H and O–H groups in total. The van der Waals surface area contributed by atoms with Crippen molar-refractivity contribution < 1.29 is 32.6 Å². The normalized spacial score (nSPS) is 19.8. The van der Waals surface area contributed by atoms with Gasteiger partial charge in [-0.05, 0) is 56.7 Å². The molecule has 0 aliphatic carbocycles. The van der Waals surface area contributed by atoms with Gasteiger partial charge in [0.1, 0.15) is 11.4 Å². The summed E-state index contributed by atoms with van der Waals surface area (Å²) in [5.41, 5.74) is 0.811. The lowest BCUT2D eigenvalue weighted by molar-refractivity contribution is 0.0544. The van der Waals surface area contributed by atoms with Crippen molar-refractivity contribution in [3.8, 4) is 11.1 Å². The van der Waals surface area contributed by atoms with E-state index in [0.717, 1.165) is 4.31 Å². The molecular weight excluding hydrogens is 451 g/mol. The average Bonchev–Trinajstić information content (AvgIpc) is 3.27. The van der Waals surface area contributed by atoms with Crippen LogP contribution >= 0.6 is 0 Å². The molecule has 1 aliphatic rings. The van der Waals surface area contributed by atoms with E-state index in [1.54, 1.807) is 39.0 Å². The molecule has 8 nitrogen and oxygen atoms in total. The number of sulfonamides is 1. The first-order valence-electron chi connectivity index (χ1n) is 10.4. The minimum atomic E-state index is -3.90. The van der Waals surface area contributed by atoms with E-state index in [2.05, 4.69) is 0 Å². The first-order valence-corrected chi connectivity index (χ1v) is 11.8. The van der Waals surface area contributed by atoms with Gasteiger partial charge in [0.05, 0.1) is 22.6 Å². The summed E-state index contributed by atoms with van der Waals surface area (Å²) in [5, 5.41) is 20.0. The number of aliphatic hydroxyl groups is 2. The maximum Gasteiger partial charge on any atom is 0.419 e. The molecule has 33 heavy (non-hydrogen) atoms. The zero-order valence-corrected chi connectivity index (χ0v) is 19.2. The fourth-order valence-corrected chi connectivity index (χ4v) is 5.26. The van der Waals surface area contributed by atoms with Crippen LogP contribution in [0.25, 0.3) is 22.0 Å². The summed E-state index contributed by atoms with van der Waals surface area (Å²) >= 11 is 0. The number of β-amino-alcohol motifs (C(OH)–C–C–N with tert-alkyl or cyclic N) is 2. The number of hydrogen-bond acceptors (Lipinski definition) is 6. The maximum absolute atomic E-state index is 13.9. The molecule has 0 saturated carbocycles. The number of rotatable bonds is 3. The molecule has 0 amide bonds. The Hall–Kier alpha value is -2.79. The van der Waals surface area contributed by atoms with Gasteiger partial charge in [-0.1, -0.05) is 12.1 Å². The average molecular weight is 477 g/mol. The number of ether oxygens (including phenoxy) is 1. The van der Waals surface area contributed by atoms with E-state index < -0.39 is 39.7 Å². The number of carbonyl (C=O) groups excluding carboxylic acids is 1. The lowest BCUT2D eigenvalue weighted by Crippen LogP contribution is -2.29. The van der Waals surface area contributed by atoms with Crippen LogP contribution in [0.15, 0.2) is 53.6 Å². The van der Waals surface area contributed by atoms with Crippen LogP contribution in [0.5, 0.6) is 0 Å². The van der Waals surface area contributed by atoms with Crippen LogP contribution in [0, 0.1) is 5.82 Å². The summed E-state index contributed by atoms with van der Waals surface area (Å²) in [6.07, 6.45) is -1.37. The van der Waals surface area contributed by atoms with Gasteiger partial charge in [-0.25, -0.2) is 17.6 Å². The quantitative estimate of drug-likeness (QED) is 0.602. The Morgan fingerprint density at radius 1 is 1.06 bits per heavy atom. The topological polar surface area (TPSA) is 109 Å². The third kappa shape index (κ3) is 4.51. The SMILES string of the molecule is CC(C)(C)OC(=O)n1cc(-c2ccc(S(=O)(=O)N3C[C@H](O)[C@@H](O)C3)cc2)c2ccc(F)cc21. The van der Waals surface area contributed by atoms with E-state index in [1.807, 2.05) is 0 Å². The van der Waals surface area contributed by atoms with E-state index >= 15 is 0 Å². The fraction of sp³-hybridized carbons (Fsp3) is 0.348. The van der Waals surface area contributed by atoms with Gasteiger partial charge in [-0.3, -0.25) is 4.57 Å². The molecule has 2 heterocycles. The lowest BCUT2D eigenvalue weighted by atomic mass is 10.1. The smallest absolute Gasteiger partial charge is 0.419 e. The highest BCUT2D eigenvalue weighted by Gasteiger charge is 2.37. The molecule has 176 valence electrons. The van der Waals surface area contributed by atoms with E-state index in [1.165, 1.54) is 35.0 Å². The number of fused-ring (bicyclic) bond motifs is 1. The second-order valence-electron chi connectivity index (χ2n) is 9.04. The number of hydrogen-bond donors (Lipinski definition) is 2. The number of aromatic nitrogens is 1. The molecule has 2 aromatic carbocycles. The van der Waals surface area contributed by atoms with Crippen molar-refractivity contribution in [3.63, 3.8) is 0 Å². The Balaban J connectivity index is 1.72. The molecule has 0 radical (unpaired) electrons. The van der Waals surface area contributed by atoms with Crippen LogP contribution in [0.3, 0.4) is 0 Å². The highest BCUT2D eigenvalue weighted by Crippen LogP contribution is 2.33. The standard InChI is InChI=1S/C23H25FN2O6S/c1-23(2,3)32-22(29)26-11-18(17-9-6-15(24)10-19(17)26)14-4-7-16(8-5-14)33(30,31)25-12-20(27)21(28)13-25/h4-11,20-21,27-28H,12-13H2,1-3H3/t20-,21-/m0/s1. The second kappa shape index (κ2) is 8.21. The van der Waals surface area contributed by atoms with Crippen molar-refractivity contribution in [1.29, 1.82) is 0 Å². The molecule has 3 aromatic rings. The molecule has 1 fully saturated rings. The number of carbonyl (C=O) groups is 1. The number of nitrogens with zero attached hydrogens (tertiary/aromatic N) is 2. The van der Waals surface area contributed by atoms with Crippen LogP contribution in [0.4, 0.5) is 9.18 Å². The minimum Gasteiger partial charge on any atom is -0.443 e. The molecule has 1 aromatic heterocycles. The molecule has 10 heteroatoms. The second-order valence-corrected chi connectivity index (χ2v) is 11.0. The van der Waals surface area contributed by atoms with Gasteiger partial charge >= 0.3 is 6.09 Å². The lowest BCUT2D eigenvalue weighted by Gasteiger charge is -2.19. The summed E-state index contributed by atoms with van der Waals surface area (Å²) in [5.74, 6) is -0.506. The number of benzene rings is 2. The predicted octanol–water partition coefficient (Wildman–Crippen LogP) is 2.96. The molecule has 0 bridgehead atoms. The zero-order valence-electron chi connectivity index (χ0n) is 18.4. The highest BCUT2D eigenvalue weighted by atomic mass is 32.2. The molecule has 0 unspecified atom stereocenters. The highest BCUT2D eigenvalue weighted by molar-refractivity contribution is 7.89. The van der Waals surface area contributed by atoms with Crippen LogP contribution in [0.2, 0.25) is 0 Å². The Bertz CT molecular complexity index is 1300. The molecule has 0 spiro atoms. The minimum absolute atomic E-state index is 0.00877. The van der Waals surface area contributed by atoms with Crippen molar-refractivity contribution in [2.24, 2.45) is 0 Å². The summed E-state index contributed by atoms with van der Waals surface area (Å²) in [6, 6.07) is 10.1. The van der Waals surface area contributed by atoms with Crippen LogP contribution < -0.4 is 0 Å². The Morgan fingerprint density at radius 2 is 1.67 bits per heavy atom. The van der Waals surface area contributed by atoms with Crippen molar-refractivity contribution in [2.75, 3.05) is 13.1 Å². The van der Waals surface area contributed by atoms with Gasteiger partial charge in [0, 0.05) is 30.2 Å². The summed E-state index contributed by atoms with van der Waals surface area (Å²) in [6.45, 7) is 4.83. The van der Waals surface area contributed by atoms with E-state index in [0.29, 0.717) is 22.0 Å². The Kier molecular flexibility index (Phi) is 5.81. The summed E-state index contributed by atoms with van der Waals surface area (Å²) in [7, 11) is -3.90. The van der Waals surface area contributed by atoms with Crippen LogP contribution in [-0.2, 0) is 14.8 Å². The third-order valence-corrected chi connectivity index (χ3v) is 7.23. The van der Waals surface area contributed by atoms with E-state index in [4.69, 9.17) is 4.74 Å². The molecule has 4 rings (SSSR count). The number of aliphatic hydroxyl groups excluding tert-OH is 2. The zero-order chi connectivity index (χ0) is 24.1. The van der Waals surface area contributed by atoms with Crippen molar-refractivity contribution >= 4 is 27.0 Å². The van der Waals surface area contributed by atoms with Gasteiger partial charge in [0.2, 0.25) is 10.0 Å². The molecule has 1 aliphatic heterocycles. The van der Waals surface area contributed by atoms with Gasteiger partial charge in [0.15, 0.2) is 0 Å². The molecule has 1 saturated heterocycles. The van der Waals surface area contributed by atoms with Crippen LogP contribution in [0.1, 0.15) is 20.8 Å². The van der Waals surface area contributed by atoms with Crippen molar-refractivity contribution in [2.45, 2.75) is 43.5 Å². The summed E-state index contributed by atoms with van der Waals surface area (Å²) in [4.78, 5) is 12.7. The van der Waals surface area contributed by atoms with Crippen LogP contribution in [-0.4, -0.2) is 64.5 Å². The van der Waals surface area contributed by atoms with Gasteiger partial charge < -0.3 is 14.9 Å². The van der Waals surface area contributed by atoms with E-state index in [-0.39, 0.29) is 18.0 Å². The maximum atomic E-state index is 13.9. The van der Waals surface area contributed by atoms with E-state index in [9.17, 15) is 27.8 Å². The molecular formula is C23H25FN2O6S. The van der Waals surface area contributed by atoms with Gasteiger partial charge in [-0.2, -0.15) is 4.31 Å². The number of halogens is 1. The third-order valence-electron chi connectivity index (χ3n) is 5.39. The summed E-state index contributed by atoms with van der Waals surface area (Å²) < 4.78 is 47.3. The molecule has 2 atom stereocenters. The van der Waals surface area contributed by atoms with Crippen molar-refractivity contribution in [3.05, 3.63) is 54.5 Å². The fourth-order valence-electron chi connectivity index (χ4n) is 3.78. The monoisotopic (exact) mass is 476 g/mol. The first-order chi connectivity index (χ1) is 15.4. The Morgan fingerprint density at radius 3 is 2.24 bits per heavy atom. The first kappa shape index (κ1) is 23.4. The Labute approximate surface area is 190 Å². The largest absolute Gasteiger partial charge is 0.443 e. The predicted molar refractivity (Wildman–Crippen MR) is 120 cm³/mol. The van der Waals surface area contributed by atoms with Gasteiger partial charge in [0.25, 0.3) is 0 Å². The van der Waals surface area contributed by atoms with Crippen molar-refractivity contribution in [1.82, 2.24) is 8.87 Å².